The van der Waals surface area contributed by atoms with E-state index in [0.717, 1.165) is 27.6 Å². The van der Waals surface area contributed by atoms with Crippen molar-refractivity contribution >= 4 is 23.4 Å². The second-order valence-corrected chi connectivity index (χ2v) is 12.6. The molecule has 276 valence electrons. The van der Waals surface area contributed by atoms with Gasteiger partial charge in [0.25, 0.3) is 0 Å². The Kier molecular flexibility index (Phi) is 17.6. The zero-order valence-corrected chi connectivity index (χ0v) is 34.4. The van der Waals surface area contributed by atoms with Crippen molar-refractivity contribution in [2.45, 2.75) is 75.8 Å². The van der Waals surface area contributed by atoms with E-state index in [9.17, 15) is 0 Å². The fourth-order valence-electron chi connectivity index (χ4n) is 6.55. The van der Waals surface area contributed by atoms with E-state index in [1.54, 1.807) is 0 Å². The zero-order valence-electron chi connectivity index (χ0n) is 34.4. The number of allylic oxidation sites excluding steroid dienone is 2. The maximum atomic E-state index is 6.29. The van der Waals surface area contributed by atoms with E-state index in [4.69, 9.17) is 5.73 Å². The van der Waals surface area contributed by atoms with Crippen molar-refractivity contribution in [1.82, 2.24) is 0 Å². The van der Waals surface area contributed by atoms with Crippen molar-refractivity contribution in [2.75, 3.05) is 0 Å². The molecule has 6 aromatic rings. The fourth-order valence-corrected chi connectivity index (χ4v) is 6.55. The van der Waals surface area contributed by atoms with Crippen LogP contribution < -0.4 is 5.73 Å². The molecule has 0 fully saturated rings. The van der Waals surface area contributed by atoms with Crippen LogP contribution in [0.15, 0.2) is 152 Å². The topological polar surface area (TPSA) is 26.0 Å². The monoisotopic (exact) mass is 709 g/mol. The normalized spacial score (nSPS) is 10.7. The van der Waals surface area contributed by atoms with Crippen molar-refractivity contribution < 1.29 is 0 Å². The Hall–Kier alpha value is -5.31. The SMILES string of the molecule is C=C(B=C(/C=C(\C)c1ccc(-c2ccccc2)cc1)c1ccc(CN)c(-c2ccccc2C)c1)c1cccc(C)c1-c1ccccc1C.CC.CC.CC. The van der Waals surface area contributed by atoms with Gasteiger partial charge in [-0.2, -0.15) is 0 Å². The first-order valence-corrected chi connectivity index (χ1v) is 19.6. The third-order valence-electron chi connectivity index (χ3n) is 9.28. The first-order chi connectivity index (χ1) is 26.3. The summed E-state index contributed by atoms with van der Waals surface area (Å²) in [6.07, 6.45) is 2.30. The molecule has 0 spiro atoms. The van der Waals surface area contributed by atoms with Crippen LogP contribution in [-0.2, 0) is 6.54 Å². The summed E-state index contributed by atoms with van der Waals surface area (Å²) >= 11 is 0. The van der Waals surface area contributed by atoms with Crippen molar-refractivity contribution in [1.29, 1.82) is 0 Å². The van der Waals surface area contributed by atoms with E-state index < -0.39 is 0 Å². The van der Waals surface area contributed by atoms with Crippen LogP contribution in [0.5, 0.6) is 0 Å². The van der Waals surface area contributed by atoms with Gasteiger partial charge in [-0.25, -0.2) is 0 Å². The van der Waals surface area contributed by atoms with Gasteiger partial charge in [-0.15, -0.1) is 0 Å². The Morgan fingerprint density at radius 2 is 1.07 bits per heavy atom. The van der Waals surface area contributed by atoms with E-state index >= 15 is 0 Å². The minimum absolute atomic E-state index is 0.474. The standard InChI is InChI=1S/C46H42BN.3C2H6/c1-31-14-9-11-19-41(31)44-29-39(26-27-40(44)30-48)45(28-34(4)36-22-24-38(25-23-36)37-17-7-6-8-18-37)47-35(5)43-21-13-16-33(3)46(43)42-20-12-10-15-32(42)2;3*1-2/h6-29H,5,30,48H2,1-4H3;3*1-2H3/b34-28+;;;. The van der Waals surface area contributed by atoms with Gasteiger partial charge in [0, 0.05) is 0 Å². The minimum atomic E-state index is 0.474. The molecule has 54 heavy (non-hydrogen) atoms. The summed E-state index contributed by atoms with van der Waals surface area (Å²) in [5, 5.41) is 0. The van der Waals surface area contributed by atoms with Crippen molar-refractivity contribution in [3.63, 3.8) is 0 Å². The third-order valence-corrected chi connectivity index (χ3v) is 9.28. The summed E-state index contributed by atoms with van der Waals surface area (Å²) < 4.78 is 0. The molecule has 0 aromatic heterocycles. The largest absolute Gasteiger partial charge is 0.0683 e. The van der Waals surface area contributed by atoms with Crippen molar-refractivity contribution in [3.05, 3.63) is 191 Å². The average Bonchev–Trinajstić information content (AvgIpc) is 3.23. The van der Waals surface area contributed by atoms with Gasteiger partial charge in [0.15, 0.2) is 0 Å². The van der Waals surface area contributed by atoms with Crippen LogP contribution in [0, 0.1) is 20.8 Å². The van der Waals surface area contributed by atoms with Crippen LogP contribution in [0.4, 0.5) is 0 Å². The quantitative estimate of drug-likeness (QED) is 0.149. The van der Waals surface area contributed by atoms with E-state index in [-0.39, 0.29) is 0 Å². The Morgan fingerprint density at radius 3 is 1.67 bits per heavy atom. The third kappa shape index (κ3) is 10.6. The molecule has 1 nitrogen and oxygen atoms in total. The molecule has 0 aliphatic heterocycles. The van der Waals surface area contributed by atoms with Gasteiger partial charge >= 0.3 is 288 Å². The summed E-state index contributed by atoms with van der Waals surface area (Å²) in [4.78, 5) is 0. The Balaban J connectivity index is 0.00000124. The van der Waals surface area contributed by atoms with Crippen molar-refractivity contribution in [2.24, 2.45) is 5.73 Å². The Bertz CT molecular complexity index is 2150. The van der Waals surface area contributed by atoms with Crippen LogP contribution >= 0.6 is 0 Å². The van der Waals surface area contributed by atoms with E-state index in [1.165, 1.54) is 61.2 Å². The molecule has 0 bridgehead atoms. The Labute approximate surface area is 328 Å². The fraction of sp³-hybridized carbons (Fsp3) is 0.212. The summed E-state index contributed by atoms with van der Waals surface area (Å²) in [7, 11) is 0. The van der Waals surface area contributed by atoms with Crippen LogP contribution in [0.25, 0.3) is 44.4 Å². The first-order valence-electron chi connectivity index (χ1n) is 19.6. The molecule has 0 atom stereocenters. The predicted octanol–water partition coefficient (Wildman–Crippen LogP) is 14.1. The van der Waals surface area contributed by atoms with Gasteiger partial charge in [-0.05, 0) is 0 Å². The molecular weight excluding hydrogens is 649 g/mol. The number of hydrogen-bond donors (Lipinski definition) is 1. The number of aryl methyl sites for hydroxylation is 3. The van der Waals surface area contributed by atoms with Crippen LogP contribution in [0.1, 0.15) is 87.4 Å². The molecule has 0 heterocycles. The molecule has 0 unspecified atom stereocenters. The number of hydrogen-bond acceptors (Lipinski definition) is 1. The van der Waals surface area contributed by atoms with Gasteiger partial charge < -0.3 is 0 Å². The van der Waals surface area contributed by atoms with Gasteiger partial charge in [0.2, 0.25) is 0 Å². The van der Waals surface area contributed by atoms with E-state index in [1.807, 2.05) is 41.5 Å². The molecule has 0 radical (unpaired) electrons. The second kappa shape index (κ2) is 22.0. The zero-order chi connectivity index (χ0) is 39.6. The van der Waals surface area contributed by atoms with Crippen molar-refractivity contribution in [3.8, 4) is 33.4 Å². The maximum Gasteiger partial charge on any atom is -0.0683 e. The van der Waals surface area contributed by atoms with Gasteiger partial charge in [-0.1, -0.05) is 41.5 Å². The summed E-state index contributed by atoms with van der Waals surface area (Å²) in [5.74, 6) is 0. The summed E-state index contributed by atoms with van der Waals surface area (Å²) in [6.45, 7) is 28.1. The Morgan fingerprint density at radius 1 is 0.556 bits per heavy atom. The molecule has 2 heteroatoms. The number of nitrogens with two attached hydrogens (primary N) is 1. The van der Waals surface area contributed by atoms with Gasteiger partial charge in [0.1, 0.15) is 0 Å². The molecule has 2 N–H and O–H groups in total. The molecule has 0 aliphatic carbocycles. The summed E-state index contributed by atoms with van der Waals surface area (Å²) in [6, 6.07) is 49.7. The molecule has 0 aliphatic rings. The molecule has 6 rings (SSSR count). The van der Waals surface area contributed by atoms with Crippen LogP contribution in [0.2, 0.25) is 0 Å². The van der Waals surface area contributed by atoms with Gasteiger partial charge in [0.05, 0.1) is 0 Å². The van der Waals surface area contributed by atoms with E-state index in [0.29, 0.717) is 6.54 Å². The van der Waals surface area contributed by atoms with Crippen LogP contribution in [-0.4, -0.2) is 12.4 Å². The number of benzene rings is 6. The van der Waals surface area contributed by atoms with Gasteiger partial charge in [-0.3, -0.25) is 0 Å². The number of rotatable bonds is 9. The molecule has 0 amide bonds. The molecule has 6 aromatic carbocycles. The molecule has 0 saturated heterocycles. The van der Waals surface area contributed by atoms with E-state index in [2.05, 4.69) is 187 Å². The molecule has 0 saturated carbocycles. The van der Waals surface area contributed by atoms with Crippen LogP contribution in [0.3, 0.4) is 0 Å². The minimum Gasteiger partial charge on any atom is -0.0683 e. The molecular formula is C52H60BN. The smallest absolute Gasteiger partial charge is 0.0683 e. The second-order valence-electron chi connectivity index (χ2n) is 12.6. The predicted molar refractivity (Wildman–Crippen MR) is 244 cm³/mol. The summed E-state index contributed by atoms with van der Waals surface area (Å²) in [5.41, 5.74) is 25.1. The maximum absolute atomic E-state index is 6.29. The first kappa shape index (κ1) is 43.1. The average molecular weight is 710 g/mol.